The summed E-state index contributed by atoms with van der Waals surface area (Å²) in [7, 11) is 0. The Morgan fingerprint density at radius 1 is 1.16 bits per heavy atom. The minimum Gasteiger partial charge on any atom is -0.507 e. The highest BCUT2D eigenvalue weighted by Gasteiger charge is 2.13. The summed E-state index contributed by atoms with van der Waals surface area (Å²) in [6.07, 6.45) is 0. The molecule has 98 valence electrons. The lowest BCUT2D eigenvalue weighted by Crippen LogP contribution is -2.12. The van der Waals surface area contributed by atoms with Gasteiger partial charge in [-0.3, -0.25) is 4.79 Å². The standard InChI is InChI=1S/C13H8BrCl2NO2/c14-7-1-3-9(12(18)5-7)13(19)17-11-4-2-8(15)6-10(11)16/h1-6,18H,(H,17,19). The van der Waals surface area contributed by atoms with Gasteiger partial charge in [0.1, 0.15) is 5.75 Å². The van der Waals surface area contributed by atoms with E-state index < -0.39 is 5.91 Å². The van der Waals surface area contributed by atoms with E-state index in [0.717, 1.165) is 0 Å². The van der Waals surface area contributed by atoms with Crippen molar-refractivity contribution in [1.82, 2.24) is 0 Å². The van der Waals surface area contributed by atoms with Crippen molar-refractivity contribution in [1.29, 1.82) is 0 Å². The van der Waals surface area contributed by atoms with Crippen LogP contribution in [0.4, 0.5) is 5.69 Å². The SMILES string of the molecule is O=C(Nc1ccc(Cl)cc1Cl)c1ccc(Br)cc1O. The Morgan fingerprint density at radius 3 is 2.53 bits per heavy atom. The van der Waals surface area contributed by atoms with E-state index in [1.807, 2.05) is 0 Å². The Kier molecular flexibility index (Phi) is 4.34. The highest BCUT2D eigenvalue weighted by molar-refractivity contribution is 9.10. The molecule has 0 saturated carbocycles. The molecule has 0 spiro atoms. The first-order valence-electron chi connectivity index (χ1n) is 5.22. The lowest BCUT2D eigenvalue weighted by atomic mass is 10.2. The molecule has 0 aliphatic carbocycles. The van der Waals surface area contributed by atoms with Crippen molar-refractivity contribution in [2.75, 3.05) is 5.32 Å². The van der Waals surface area contributed by atoms with Gasteiger partial charge in [0, 0.05) is 9.50 Å². The Hall–Kier alpha value is -1.23. The van der Waals surface area contributed by atoms with Gasteiger partial charge in [0.05, 0.1) is 16.3 Å². The van der Waals surface area contributed by atoms with Gasteiger partial charge >= 0.3 is 0 Å². The first-order chi connectivity index (χ1) is 8.97. The van der Waals surface area contributed by atoms with Crippen molar-refractivity contribution in [3.8, 4) is 5.75 Å². The maximum atomic E-state index is 12.0. The smallest absolute Gasteiger partial charge is 0.259 e. The minimum absolute atomic E-state index is 0.114. The molecule has 2 aromatic carbocycles. The van der Waals surface area contributed by atoms with Crippen LogP contribution >= 0.6 is 39.1 Å². The number of hydrogen-bond donors (Lipinski definition) is 2. The summed E-state index contributed by atoms with van der Waals surface area (Å²) >= 11 is 14.9. The maximum Gasteiger partial charge on any atom is 0.259 e. The number of hydrogen-bond acceptors (Lipinski definition) is 2. The van der Waals surface area contributed by atoms with Crippen LogP contribution in [0.1, 0.15) is 10.4 Å². The van der Waals surface area contributed by atoms with Crippen LogP contribution in [0.2, 0.25) is 10.0 Å². The molecule has 2 rings (SSSR count). The number of amides is 1. The number of carbonyl (C=O) groups is 1. The first-order valence-corrected chi connectivity index (χ1v) is 6.77. The van der Waals surface area contributed by atoms with Crippen LogP contribution < -0.4 is 5.32 Å². The molecule has 0 aromatic heterocycles. The Bertz CT molecular complexity index is 647. The molecule has 2 aromatic rings. The molecule has 1 amide bonds. The topological polar surface area (TPSA) is 49.3 Å². The zero-order chi connectivity index (χ0) is 14.0. The Morgan fingerprint density at radius 2 is 1.89 bits per heavy atom. The molecule has 0 saturated heterocycles. The summed E-state index contributed by atoms with van der Waals surface area (Å²) in [4.78, 5) is 12.0. The van der Waals surface area contributed by atoms with Crippen LogP contribution in [0.25, 0.3) is 0 Å². The monoisotopic (exact) mass is 359 g/mol. The minimum atomic E-state index is -0.450. The third-order valence-corrected chi connectivity index (χ3v) is 3.42. The summed E-state index contributed by atoms with van der Waals surface area (Å²) < 4.78 is 0.686. The average Bonchev–Trinajstić information content (AvgIpc) is 2.32. The van der Waals surface area contributed by atoms with Crippen LogP contribution in [0, 0.1) is 0 Å². The summed E-state index contributed by atoms with van der Waals surface area (Å²) in [5, 5.41) is 13.1. The van der Waals surface area contributed by atoms with Gasteiger partial charge in [0.15, 0.2) is 0 Å². The Labute approximate surface area is 128 Å². The highest BCUT2D eigenvalue weighted by atomic mass is 79.9. The van der Waals surface area contributed by atoms with Crippen LogP contribution in [0.15, 0.2) is 40.9 Å². The van der Waals surface area contributed by atoms with Crippen LogP contribution in [-0.4, -0.2) is 11.0 Å². The van der Waals surface area contributed by atoms with Crippen molar-refractivity contribution >= 4 is 50.7 Å². The molecule has 0 bridgehead atoms. The van der Waals surface area contributed by atoms with Crippen molar-refractivity contribution in [3.05, 3.63) is 56.5 Å². The van der Waals surface area contributed by atoms with Gasteiger partial charge in [-0.1, -0.05) is 39.1 Å². The lowest BCUT2D eigenvalue weighted by Gasteiger charge is -2.09. The molecule has 19 heavy (non-hydrogen) atoms. The summed E-state index contributed by atoms with van der Waals surface area (Å²) in [6.45, 7) is 0. The molecular weight excluding hydrogens is 353 g/mol. The second-order valence-corrected chi connectivity index (χ2v) is 5.50. The number of carbonyl (C=O) groups excluding carboxylic acids is 1. The quantitative estimate of drug-likeness (QED) is 0.814. The zero-order valence-corrected chi connectivity index (χ0v) is 12.6. The molecule has 0 aliphatic rings. The number of phenols is 1. The van der Waals surface area contributed by atoms with E-state index in [0.29, 0.717) is 20.2 Å². The molecule has 0 radical (unpaired) electrons. The average molecular weight is 361 g/mol. The molecule has 0 fully saturated rings. The number of aromatic hydroxyl groups is 1. The molecule has 6 heteroatoms. The number of rotatable bonds is 2. The second kappa shape index (κ2) is 5.82. The van der Waals surface area contributed by atoms with Gasteiger partial charge in [-0.2, -0.15) is 0 Å². The summed E-state index contributed by atoms with van der Waals surface area (Å²) in [5.41, 5.74) is 0.590. The highest BCUT2D eigenvalue weighted by Crippen LogP contribution is 2.27. The summed E-state index contributed by atoms with van der Waals surface area (Å²) in [6, 6.07) is 9.36. The van der Waals surface area contributed by atoms with E-state index in [9.17, 15) is 9.90 Å². The zero-order valence-electron chi connectivity index (χ0n) is 9.45. The Balaban J connectivity index is 2.25. The fraction of sp³-hybridized carbons (Fsp3) is 0. The number of phenolic OH excluding ortho intramolecular Hbond substituents is 1. The largest absolute Gasteiger partial charge is 0.507 e. The molecule has 0 aliphatic heterocycles. The van der Waals surface area contributed by atoms with Crippen LogP contribution in [0.5, 0.6) is 5.75 Å². The number of halogens is 3. The lowest BCUT2D eigenvalue weighted by molar-refractivity contribution is 0.102. The molecule has 2 N–H and O–H groups in total. The van der Waals surface area contributed by atoms with Crippen LogP contribution in [-0.2, 0) is 0 Å². The van der Waals surface area contributed by atoms with E-state index in [-0.39, 0.29) is 11.3 Å². The number of nitrogens with one attached hydrogen (secondary N) is 1. The van der Waals surface area contributed by atoms with Crippen molar-refractivity contribution in [3.63, 3.8) is 0 Å². The number of anilines is 1. The van der Waals surface area contributed by atoms with Gasteiger partial charge in [-0.25, -0.2) is 0 Å². The van der Waals surface area contributed by atoms with Gasteiger partial charge in [0.25, 0.3) is 5.91 Å². The maximum absolute atomic E-state index is 12.0. The van der Waals surface area contributed by atoms with Crippen molar-refractivity contribution in [2.45, 2.75) is 0 Å². The predicted molar refractivity (Wildman–Crippen MR) is 80.2 cm³/mol. The fourth-order valence-corrected chi connectivity index (χ4v) is 2.28. The van der Waals surface area contributed by atoms with E-state index in [2.05, 4.69) is 21.2 Å². The second-order valence-electron chi connectivity index (χ2n) is 3.74. The molecule has 3 nitrogen and oxygen atoms in total. The summed E-state index contributed by atoms with van der Waals surface area (Å²) in [5.74, 6) is -0.564. The molecule has 0 unspecified atom stereocenters. The van der Waals surface area contributed by atoms with E-state index >= 15 is 0 Å². The van der Waals surface area contributed by atoms with Gasteiger partial charge in [-0.05, 0) is 36.4 Å². The molecular formula is C13H8BrCl2NO2. The van der Waals surface area contributed by atoms with Crippen molar-refractivity contribution < 1.29 is 9.90 Å². The number of benzene rings is 2. The van der Waals surface area contributed by atoms with E-state index in [1.54, 1.807) is 18.2 Å². The third kappa shape index (κ3) is 3.41. The fourth-order valence-electron chi connectivity index (χ4n) is 1.48. The van der Waals surface area contributed by atoms with E-state index in [4.69, 9.17) is 23.2 Å². The predicted octanol–water partition coefficient (Wildman–Crippen LogP) is 4.71. The van der Waals surface area contributed by atoms with Gasteiger partial charge < -0.3 is 10.4 Å². The molecule has 0 atom stereocenters. The third-order valence-electron chi connectivity index (χ3n) is 2.38. The van der Waals surface area contributed by atoms with Crippen LogP contribution in [0.3, 0.4) is 0 Å². The normalized spacial score (nSPS) is 10.3. The van der Waals surface area contributed by atoms with Gasteiger partial charge in [-0.15, -0.1) is 0 Å². The first kappa shape index (κ1) is 14.2. The molecule has 0 heterocycles. The van der Waals surface area contributed by atoms with Crippen molar-refractivity contribution in [2.24, 2.45) is 0 Å². The van der Waals surface area contributed by atoms with E-state index in [1.165, 1.54) is 18.2 Å². The van der Waals surface area contributed by atoms with Gasteiger partial charge in [0.2, 0.25) is 0 Å².